The van der Waals surface area contributed by atoms with E-state index in [1.807, 2.05) is 18.7 Å². The number of hydrogen-bond donors (Lipinski definition) is 2. The minimum Gasteiger partial charge on any atom is -0.481 e. The molecule has 18 heavy (non-hydrogen) atoms. The predicted molar refractivity (Wildman–Crippen MR) is 67.1 cm³/mol. The zero-order valence-corrected chi connectivity index (χ0v) is 11.1. The molecule has 0 aromatic rings. The molecule has 1 heterocycles. The van der Waals surface area contributed by atoms with E-state index in [0.29, 0.717) is 32.1 Å². The fourth-order valence-corrected chi connectivity index (χ4v) is 2.65. The van der Waals surface area contributed by atoms with Gasteiger partial charge in [0.25, 0.3) is 0 Å². The highest BCUT2D eigenvalue weighted by molar-refractivity contribution is 5.79. The molecule has 0 aromatic carbocycles. The van der Waals surface area contributed by atoms with Crippen molar-refractivity contribution in [2.75, 3.05) is 19.6 Å². The Bertz CT molecular complexity index is 352. The van der Waals surface area contributed by atoms with Crippen molar-refractivity contribution in [3.8, 4) is 0 Å². The quantitative estimate of drug-likeness (QED) is 0.757. The van der Waals surface area contributed by atoms with Crippen molar-refractivity contribution in [3.63, 3.8) is 0 Å². The maximum absolute atomic E-state index is 11.7. The van der Waals surface area contributed by atoms with Gasteiger partial charge in [0.15, 0.2) is 0 Å². The number of nitrogens with zero attached hydrogens (tertiary/aromatic N) is 1. The maximum atomic E-state index is 11.7. The third-order valence-electron chi connectivity index (χ3n) is 4.22. The van der Waals surface area contributed by atoms with E-state index in [1.54, 1.807) is 0 Å². The first-order chi connectivity index (χ1) is 8.44. The highest BCUT2D eigenvalue weighted by Crippen LogP contribution is 2.37. The Labute approximate surface area is 108 Å². The zero-order chi connectivity index (χ0) is 13.3. The molecule has 2 aliphatic rings. The van der Waals surface area contributed by atoms with E-state index in [4.69, 9.17) is 0 Å². The molecule has 0 aromatic heterocycles. The van der Waals surface area contributed by atoms with Crippen LogP contribution in [0.2, 0.25) is 0 Å². The largest absolute Gasteiger partial charge is 0.481 e. The number of rotatable bonds is 5. The average molecular weight is 254 g/mol. The van der Waals surface area contributed by atoms with Gasteiger partial charge in [-0.2, -0.15) is 0 Å². The lowest BCUT2D eigenvalue weighted by molar-refractivity contribution is -0.151. The normalized spacial score (nSPS) is 28.6. The molecule has 1 aliphatic carbocycles. The van der Waals surface area contributed by atoms with Crippen LogP contribution in [0.3, 0.4) is 0 Å². The van der Waals surface area contributed by atoms with Crippen LogP contribution in [0.5, 0.6) is 0 Å². The summed E-state index contributed by atoms with van der Waals surface area (Å²) < 4.78 is 0. The van der Waals surface area contributed by atoms with E-state index in [9.17, 15) is 14.7 Å². The van der Waals surface area contributed by atoms with E-state index < -0.39 is 11.4 Å². The second-order valence-corrected chi connectivity index (χ2v) is 5.92. The maximum Gasteiger partial charge on any atom is 0.311 e. The molecule has 1 aliphatic heterocycles. The van der Waals surface area contributed by atoms with Crippen molar-refractivity contribution >= 4 is 11.9 Å². The third-order valence-corrected chi connectivity index (χ3v) is 4.22. The highest BCUT2D eigenvalue weighted by atomic mass is 16.4. The van der Waals surface area contributed by atoms with E-state index in [0.717, 1.165) is 12.8 Å². The Morgan fingerprint density at radius 1 is 1.44 bits per heavy atom. The lowest BCUT2D eigenvalue weighted by Gasteiger charge is -2.28. The van der Waals surface area contributed by atoms with Gasteiger partial charge in [-0.05, 0) is 31.7 Å². The molecule has 0 radical (unpaired) electrons. The van der Waals surface area contributed by atoms with Gasteiger partial charge >= 0.3 is 5.97 Å². The molecule has 2 fully saturated rings. The van der Waals surface area contributed by atoms with Gasteiger partial charge in [0.2, 0.25) is 5.91 Å². The predicted octanol–water partition coefficient (Wildman–Crippen LogP) is 0.698. The number of carbonyl (C=O) groups excluding carboxylic acids is 1. The lowest BCUT2D eigenvalue weighted by Crippen LogP contribution is -2.42. The molecule has 2 N–H and O–H groups in total. The van der Waals surface area contributed by atoms with Gasteiger partial charge in [-0.1, -0.05) is 13.8 Å². The summed E-state index contributed by atoms with van der Waals surface area (Å²) in [5, 5.41) is 12.4. The number of hydrogen-bond acceptors (Lipinski definition) is 3. The summed E-state index contributed by atoms with van der Waals surface area (Å²) in [6.07, 6.45) is 2.80. The van der Waals surface area contributed by atoms with Crippen LogP contribution >= 0.6 is 0 Å². The first kappa shape index (κ1) is 13.3. The van der Waals surface area contributed by atoms with Gasteiger partial charge in [0.05, 0.1) is 12.0 Å². The molecule has 1 atom stereocenters. The smallest absolute Gasteiger partial charge is 0.311 e. The molecule has 1 amide bonds. The number of likely N-dealkylation sites (tertiary alicyclic amines) is 1. The first-order valence-corrected chi connectivity index (χ1v) is 6.69. The van der Waals surface area contributed by atoms with Crippen LogP contribution in [0.4, 0.5) is 0 Å². The summed E-state index contributed by atoms with van der Waals surface area (Å²) in [5.74, 6) is -0.614. The Morgan fingerprint density at radius 3 is 2.56 bits per heavy atom. The molecule has 1 saturated carbocycles. The molecule has 1 unspecified atom stereocenters. The van der Waals surface area contributed by atoms with Crippen molar-refractivity contribution in [2.45, 2.75) is 39.2 Å². The molecule has 0 bridgehead atoms. The number of carbonyl (C=O) groups is 2. The van der Waals surface area contributed by atoms with Crippen LogP contribution in [0.1, 0.15) is 33.1 Å². The summed E-state index contributed by atoms with van der Waals surface area (Å²) in [5.41, 5.74) is -0.681. The van der Waals surface area contributed by atoms with Crippen molar-refractivity contribution in [1.82, 2.24) is 10.2 Å². The van der Waals surface area contributed by atoms with Crippen LogP contribution in [0.25, 0.3) is 0 Å². The number of amides is 1. The summed E-state index contributed by atoms with van der Waals surface area (Å²) in [6.45, 7) is 5.41. The number of nitrogens with one attached hydrogen (secondary N) is 1. The van der Waals surface area contributed by atoms with Gasteiger partial charge < -0.3 is 10.4 Å². The number of aliphatic carboxylic acids is 1. The molecule has 102 valence electrons. The second kappa shape index (κ2) is 4.88. The Balaban J connectivity index is 1.89. The summed E-state index contributed by atoms with van der Waals surface area (Å²) in [6, 6.07) is 0.370. The van der Waals surface area contributed by atoms with Crippen LogP contribution in [0.15, 0.2) is 0 Å². The van der Waals surface area contributed by atoms with E-state index in [2.05, 4.69) is 5.32 Å². The first-order valence-electron chi connectivity index (χ1n) is 6.69. The van der Waals surface area contributed by atoms with Crippen LogP contribution < -0.4 is 5.32 Å². The molecule has 0 spiro atoms. The van der Waals surface area contributed by atoms with Gasteiger partial charge in [-0.3, -0.25) is 14.5 Å². The number of carboxylic acids is 1. The van der Waals surface area contributed by atoms with Gasteiger partial charge in [0, 0.05) is 12.6 Å². The Kier molecular flexibility index (Phi) is 3.61. The fourth-order valence-electron chi connectivity index (χ4n) is 2.65. The van der Waals surface area contributed by atoms with Gasteiger partial charge in [-0.15, -0.1) is 0 Å². The Hall–Kier alpha value is -1.10. The average Bonchev–Trinajstić information content (AvgIpc) is 2.95. The molecular weight excluding hydrogens is 232 g/mol. The molecule has 2 rings (SSSR count). The van der Waals surface area contributed by atoms with E-state index in [-0.39, 0.29) is 11.8 Å². The summed E-state index contributed by atoms with van der Waals surface area (Å²) >= 11 is 0. The zero-order valence-electron chi connectivity index (χ0n) is 11.1. The Morgan fingerprint density at radius 2 is 2.11 bits per heavy atom. The fraction of sp³-hybridized carbons (Fsp3) is 0.846. The topological polar surface area (TPSA) is 69.6 Å². The SMILES string of the molecule is CC(C)C1(C(=O)O)CCN(CC(=O)NC2CC2)C1. The third kappa shape index (κ3) is 2.66. The molecule has 5 nitrogen and oxygen atoms in total. The van der Waals surface area contributed by atoms with Crippen molar-refractivity contribution in [2.24, 2.45) is 11.3 Å². The van der Waals surface area contributed by atoms with Crippen molar-refractivity contribution in [1.29, 1.82) is 0 Å². The van der Waals surface area contributed by atoms with Crippen LogP contribution in [-0.2, 0) is 9.59 Å². The van der Waals surface area contributed by atoms with Gasteiger partial charge in [0.1, 0.15) is 0 Å². The summed E-state index contributed by atoms with van der Waals surface area (Å²) in [7, 11) is 0. The standard InChI is InChI=1S/C13H22N2O3/c1-9(2)13(12(17)18)5-6-15(8-13)7-11(16)14-10-3-4-10/h9-10H,3-8H2,1-2H3,(H,14,16)(H,17,18). The monoisotopic (exact) mass is 254 g/mol. The minimum atomic E-state index is -0.734. The van der Waals surface area contributed by atoms with E-state index >= 15 is 0 Å². The van der Waals surface area contributed by atoms with Crippen molar-refractivity contribution in [3.05, 3.63) is 0 Å². The second-order valence-electron chi connectivity index (χ2n) is 5.92. The molecule has 1 saturated heterocycles. The van der Waals surface area contributed by atoms with Gasteiger partial charge in [-0.25, -0.2) is 0 Å². The van der Waals surface area contributed by atoms with Crippen LogP contribution in [0, 0.1) is 11.3 Å². The van der Waals surface area contributed by atoms with E-state index in [1.165, 1.54) is 0 Å². The lowest BCUT2D eigenvalue weighted by atomic mass is 9.76. The van der Waals surface area contributed by atoms with Crippen molar-refractivity contribution < 1.29 is 14.7 Å². The number of carboxylic acid groups (broad SMARTS) is 1. The molecule has 5 heteroatoms. The molecular formula is C13H22N2O3. The minimum absolute atomic E-state index is 0.0300. The summed E-state index contributed by atoms with van der Waals surface area (Å²) in [4.78, 5) is 25.1. The highest BCUT2D eigenvalue weighted by Gasteiger charge is 2.47. The van der Waals surface area contributed by atoms with Crippen LogP contribution in [-0.4, -0.2) is 47.6 Å².